The normalized spacial score (nSPS) is 11.3. The minimum atomic E-state index is -4.01. The average molecular weight is 378 g/mol. The molecule has 4 aromatic rings. The van der Waals surface area contributed by atoms with Crippen molar-refractivity contribution in [1.82, 2.24) is 20.2 Å². The third-order valence-electron chi connectivity index (χ3n) is 3.90. The van der Waals surface area contributed by atoms with Crippen LogP contribution in [0.3, 0.4) is 0 Å². The van der Waals surface area contributed by atoms with Gasteiger partial charge < -0.3 is 4.18 Å². The molecule has 27 heavy (non-hydrogen) atoms. The van der Waals surface area contributed by atoms with Gasteiger partial charge in [-0.15, -0.1) is 5.10 Å². The van der Waals surface area contributed by atoms with E-state index in [1.807, 2.05) is 30.3 Å². The summed E-state index contributed by atoms with van der Waals surface area (Å²) in [7, 11) is -4.01. The molecule has 1 aromatic heterocycles. The lowest BCUT2D eigenvalue weighted by atomic mass is 10.1. The van der Waals surface area contributed by atoms with Crippen LogP contribution in [-0.2, 0) is 10.1 Å². The molecule has 0 saturated heterocycles. The molecule has 0 saturated carbocycles. The molecule has 3 aromatic carbocycles. The first-order chi connectivity index (χ1) is 13.1. The summed E-state index contributed by atoms with van der Waals surface area (Å²) in [6.07, 6.45) is 1.45. The highest BCUT2D eigenvalue weighted by Crippen LogP contribution is 2.29. The Labute approximate surface area is 156 Å². The smallest absolute Gasteiger partial charge is 0.339 e. The van der Waals surface area contributed by atoms with Gasteiger partial charge in [0.2, 0.25) is 0 Å². The van der Waals surface area contributed by atoms with Crippen molar-refractivity contribution in [3.05, 3.63) is 85.2 Å². The van der Waals surface area contributed by atoms with Crippen LogP contribution in [0.5, 0.6) is 5.75 Å². The van der Waals surface area contributed by atoms with Gasteiger partial charge in [0.25, 0.3) is 0 Å². The van der Waals surface area contributed by atoms with E-state index in [0.717, 1.165) is 5.56 Å². The maximum atomic E-state index is 12.8. The van der Waals surface area contributed by atoms with Crippen molar-refractivity contribution in [3.8, 4) is 22.6 Å². The fraction of sp³-hybridized carbons (Fsp3) is 0. The van der Waals surface area contributed by atoms with E-state index in [2.05, 4.69) is 15.5 Å². The number of hydrogen-bond donors (Lipinski definition) is 0. The van der Waals surface area contributed by atoms with Gasteiger partial charge in [0, 0.05) is 5.56 Å². The van der Waals surface area contributed by atoms with E-state index >= 15 is 0 Å². The summed E-state index contributed by atoms with van der Waals surface area (Å²) in [4.78, 5) is 0.112. The van der Waals surface area contributed by atoms with Crippen LogP contribution in [0.25, 0.3) is 16.8 Å². The van der Waals surface area contributed by atoms with Crippen LogP contribution in [0.1, 0.15) is 0 Å². The van der Waals surface area contributed by atoms with Crippen molar-refractivity contribution in [1.29, 1.82) is 0 Å². The highest BCUT2D eigenvalue weighted by atomic mass is 32.2. The minimum Gasteiger partial charge on any atom is -0.379 e. The summed E-state index contributed by atoms with van der Waals surface area (Å²) < 4.78 is 32.5. The maximum Gasteiger partial charge on any atom is 0.339 e. The van der Waals surface area contributed by atoms with Crippen molar-refractivity contribution < 1.29 is 12.6 Å². The van der Waals surface area contributed by atoms with Gasteiger partial charge in [0.05, 0.1) is 5.69 Å². The second-order valence-electron chi connectivity index (χ2n) is 5.65. The Hall–Kier alpha value is -3.52. The van der Waals surface area contributed by atoms with Gasteiger partial charge in [-0.2, -0.15) is 8.42 Å². The van der Waals surface area contributed by atoms with Crippen LogP contribution >= 0.6 is 0 Å². The summed E-state index contributed by atoms with van der Waals surface area (Å²) >= 11 is 0. The summed E-state index contributed by atoms with van der Waals surface area (Å²) in [6, 6.07) is 22.5. The number of rotatable bonds is 5. The van der Waals surface area contributed by atoms with Crippen molar-refractivity contribution in [2.24, 2.45) is 0 Å². The lowest BCUT2D eigenvalue weighted by Gasteiger charge is -2.12. The number of aromatic nitrogens is 4. The van der Waals surface area contributed by atoms with E-state index in [-0.39, 0.29) is 10.6 Å². The molecular formula is C19H14N4O3S. The Morgan fingerprint density at radius 2 is 1.52 bits per heavy atom. The first-order valence-corrected chi connectivity index (χ1v) is 9.47. The van der Waals surface area contributed by atoms with Crippen molar-refractivity contribution in [2.75, 3.05) is 0 Å². The number of benzene rings is 3. The van der Waals surface area contributed by atoms with E-state index in [9.17, 15) is 8.42 Å². The second kappa shape index (κ2) is 7.00. The first-order valence-electron chi connectivity index (χ1n) is 8.06. The molecule has 0 aliphatic heterocycles. The Bertz CT molecular complexity index is 1140. The molecule has 4 rings (SSSR count). The Morgan fingerprint density at radius 1 is 0.815 bits per heavy atom. The predicted octanol–water partition coefficient (Wildman–Crippen LogP) is 3.10. The van der Waals surface area contributed by atoms with Crippen LogP contribution in [0.15, 0.2) is 90.1 Å². The fourth-order valence-corrected chi connectivity index (χ4v) is 3.80. The maximum absolute atomic E-state index is 12.8. The zero-order chi connectivity index (χ0) is 18.7. The zero-order valence-corrected chi connectivity index (χ0v) is 14.8. The van der Waals surface area contributed by atoms with E-state index in [4.69, 9.17) is 4.18 Å². The predicted molar refractivity (Wildman–Crippen MR) is 98.8 cm³/mol. The van der Waals surface area contributed by atoms with Gasteiger partial charge in [-0.1, -0.05) is 48.5 Å². The van der Waals surface area contributed by atoms with Crippen molar-refractivity contribution in [3.63, 3.8) is 0 Å². The molecular weight excluding hydrogens is 364 g/mol. The highest BCUT2D eigenvalue weighted by molar-refractivity contribution is 7.87. The SMILES string of the molecule is O=S(=O)(Oc1ccc(-n2cnnn2)cc1)c1ccccc1-c1ccccc1. The van der Waals surface area contributed by atoms with E-state index < -0.39 is 10.1 Å². The van der Waals surface area contributed by atoms with Gasteiger partial charge in [-0.3, -0.25) is 0 Å². The zero-order valence-electron chi connectivity index (χ0n) is 14.0. The molecule has 0 spiro atoms. The lowest BCUT2D eigenvalue weighted by Crippen LogP contribution is -2.11. The summed E-state index contributed by atoms with van der Waals surface area (Å²) in [6.45, 7) is 0. The number of tetrazole rings is 1. The molecule has 8 heteroatoms. The molecule has 0 aliphatic carbocycles. The molecule has 0 N–H and O–H groups in total. The Morgan fingerprint density at radius 3 is 2.22 bits per heavy atom. The van der Waals surface area contributed by atoms with Crippen LogP contribution in [0, 0.1) is 0 Å². The molecule has 134 valence electrons. The highest BCUT2D eigenvalue weighted by Gasteiger charge is 2.21. The Balaban J connectivity index is 1.65. The summed E-state index contributed by atoms with van der Waals surface area (Å²) in [5.41, 5.74) is 2.08. The molecule has 0 bridgehead atoms. The average Bonchev–Trinajstić information content (AvgIpc) is 3.24. The van der Waals surface area contributed by atoms with Gasteiger partial charge in [-0.25, -0.2) is 4.68 Å². The topological polar surface area (TPSA) is 87.0 Å². The van der Waals surface area contributed by atoms with E-state index in [0.29, 0.717) is 11.3 Å². The van der Waals surface area contributed by atoms with Crippen LogP contribution < -0.4 is 4.18 Å². The molecule has 0 unspecified atom stereocenters. The number of hydrogen-bond acceptors (Lipinski definition) is 6. The van der Waals surface area contributed by atoms with Gasteiger partial charge in [0.1, 0.15) is 17.0 Å². The lowest BCUT2D eigenvalue weighted by molar-refractivity contribution is 0.486. The largest absolute Gasteiger partial charge is 0.379 e. The monoisotopic (exact) mass is 378 g/mol. The second-order valence-corrected chi connectivity index (χ2v) is 7.16. The van der Waals surface area contributed by atoms with Gasteiger partial charge in [0.15, 0.2) is 0 Å². The quantitative estimate of drug-likeness (QED) is 0.496. The molecule has 0 amide bonds. The number of nitrogens with zero attached hydrogens (tertiary/aromatic N) is 4. The molecule has 0 fully saturated rings. The third-order valence-corrected chi connectivity index (χ3v) is 5.20. The van der Waals surface area contributed by atoms with Crippen molar-refractivity contribution in [2.45, 2.75) is 4.90 Å². The van der Waals surface area contributed by atoms with Crippen molar-refractivity contribution >= 4 is 10.1 Å². The van der Waals surface area contributed by atoms with E-state index in [1.165, 1.54) is 17.1 Å². The molecule has 0 atom stereocenters. The summed E-state index contributed by atoms with van der Waals surface area (Å²) in [5, 5.41) is 10.9. The van der Waals surface area contributed by atoms with Crippen LogP contribution in [0.2, 0.25) is 0 Å². The first kappa shape index (κ1) is 16.9. The van der Waals surface area contributed by atoms with Gasteiger partial charge >= 0.3 is 10.1 Å². The standard InChI is InChI=1S/C19H14N4O3S/c24-27(25,19-9-5-4-8-18(19)15-6-2-1-3-7-15)26-17-12-10-16(11-13-17)23-14-20-21-22-23/h1-14H. The molecule has 0 aliphatic rings. The minimum absolute atomic E-state index is 0.112. The third kappa shape index (κ3) is 3.56. The van der Waals surface area contributed by atoms with E-state index in [1.54, 1.807) is 42.5 Å². The summed E-state index contributed by atoms with van der Waals surface area (Å²) in [5.74, 6) is 0.203. The molecule has 0 radical (unpaired) electrons. The molecule has 7 nitrogen and oxygen atoms in total. The van der Waals surface area contributed by atoms with Gasteiger partial charge in [-0.05, 0) is 46.3 Å². The Kier molecular flexibility index (Phi) is 4.39. The fourth-order valence-electron chi connectivity index (χ4n) is 2.65. The van der Waals surface area contributed by atoms with Crippen LogP contribution in [-0.4, -0.2) is 28.6 Å². The molecule has 1 heterocycles. The van der Waals surface area contributed by atoms with Crippen LogP contribution in [0.4, 0.5) is 0 Å².